The molecular weight excluding hydrogens is 414 g/mol. The summed E-state index contributed by atoms with van der Waals surface area (Å²) < 4.78 is 5.80. The van der Waals surface area contributed by atoms with Gasteiger partial charge in [0.2, 0.25) is 5.13 Å². The summed E-state index contributed by atoms with van der Waals surface area (Å²) in [7, 11) is 0. The van der Waals surface area contributed by atoms with Gasteiger partial charge in [0.1, 0.15) is 12.4 Å². The van der Waals surface area contributed by atoms with Crippen LogP contribution in [0.4, 0.5) is 5.13 Å². The molecule has 4 rings (SSSR count). The average Bonchev–Trinajstić information content (AvgIpc) is 3.24. The molecule has 4 aromatic rings. The molecule has 0 bridgehead atoms. The monoisotopic (exact) mass is 433 g/mol. The highest BCUT2D eigenvalue weighted by molar-refractivity contribution is 7.14. The molecule has 0 atom stereocenters. The van der Waals surface area contributed by atoms with Crippen molar-refractivity contribution in [2.75, 3.05) is 5.43 Å². The number of aromatic nitrogens is 1. The van der Waals surface area contributed by atoms with Crippen molar-refractivity contribution < 1.29 is 4.74 Å². The standard InChI is InChI=1S/C24H20ClN3OS/c1-17-2-8-20(9-3-17)23-16-30-24(27-23)28-26-14-18-6-12-22(13-7-18)29-15-19-4-10-21(25)11-5-19/h2-14,16H,15H2,1H3,(H,27,28)/b26-14-. The van der Waals surface area contributed by atoms with Crippen LogP contribution in [-0.2, 0) is 6.61 Å². The topological polar surface area (TPSA) is 46.5 Å². The zero-order valence-corrected chi connectivity index (χ0v) is 18.0. The fraction of sp³-hybridized carbons (Fsp3) is 0.0833. The summed E-state index contributed by atoms with van der Waals surface area (Å²) in [6.07, 6.45) is 1.76. The lowest BCUT2D eigenvalue weighted by Gasteiger charge is -2.06. The summed E-state index contributed by atoms with van der Waals surface area (Å²) in [4.78, 5) is 4.58. The van der Waals surface area contributed by atoms with Gasteiger partial charge in [-0.25, -0.2) is 4.98 Å². The Morgan fingerprint density at radius 3 is 2.47 bits per heavy atom. The molecule has 0 aliphatic heterocycles. The molecule has 1 N–H and O–H groups in total. The SMILES string of the molecule is Cc1ccc(-c2csc(N/N=C\c3ccc(OCc4ccc(Cl)cc4)cc3)n2)cc1. The Kier molecular flexibility index (Phi) is 6.42. The van der Waals surface area contributed by atoms with Crippen LogP contribution in [0.15, 0.2) is 83.3 Å². The largest absolute Gasteiger partial charge is 0.489 e. The van der Waals surface area contributed by atoms with Gasteiger partial charge in [0, 0.05) is 16.0 Å². The zero-order valence-electron chi connectivity index (χ0n) is 16.4. The van der Waals surface area contributed by atoms with Gasteiger partial charge in [-0.05, 0) is 54.4 Å². The van der Waals surface area contributed by atoms with E-state index in [2.05, 4.69) is 46.7 Å². The molecule has 0 aliphatic rings. The van der Waals surface area contributed by atoms with Crippen LogP contribution in [0.5, 0.6) is 5.75 Å². The van der Waals surface area contributed by atoms with Gasteiger partial charge in [-0.3, -0.25) is 5.43 Å². The number of benzene rings is 3. The molecule has 1 heterocycles. The molecule has 0 radical (unpaired) electrons. The maximum atomic E-state index is 5.90. The van der Waals surface area contributed by atoms with Crippen LogP contribution in [0.2, 0.25) is 5.02 Å². The van der Waals surface area contributed by atoms with Crippen molar-refractivity contribution in [1.29, 1.82) is 0 Å². The van der Waals surface area contributed by atoms with E-state index in [0.29, 0.717) is 6.61 Å². The van der Waals surface area contributed by atoms with E-state index in [1.165, 1.54) is 16.9 Å². The predicted molar refractivity (Wildman–Crippen MR) is 126 cm³/mol. The number of rotatable bonds is 7. The van der Waals surface area contributed by atoms with Crippen LogP contribution in [-0.4, -0.2) is 11.2 Å². The van der Waals surface area contributed by atoms with Crippen LogP contribution < -0.4 is 10.2 Å². The number of hydrogen-bond donors (Lipinski definition) is 1. The Hall–Kier alpha value is -3.15. The van der Waals surface area contributed by atoms with Gasteiger partial charge in [-0.1, -0.05) is 53.6 Å². The third kappa shape index (κ3) is 5.47. The highest BCUT2D eigenvalue weighted by Crippen LogP contribution is 2.25. The second-order valence-electron chi connectivity index (χ2n) is 6.76. The second-order valence-corrected chi connectivity index (χ2v) is 8.05. The number of hydrogen-bond acceptors (Lipinski definition) is 5. The normalized spacial score (nSPS) is 11.0. The van der Waals surface area contributed by atoms with Gasteiger partial charge >= 0.3 is 0 Å². The molecule has 3 aromatic carbocycles. The van der Waals surface area contributed by atoms with Crippen LogP contribution in [0.3, 0.4) is 0 Å². The first-order valence-corrected chi connectivity index (χ1v) is 10.7. The van der Waals surface area contributed by atoms with E-state index in [0.717, 1.165) is 38.3 Å². The number of nitrogens with zero attached hydrogens (tertiary/aromatic N) is 2. The molecule has 0 amide bonds. The molecule has 0 spiro atoms. The number of aryl methyl sites for hydroxylation is 1. The van der Waals surface area contributed by atoms with Crippen LogP contribution in [0, 0.1) is 6.92 Å². The molecule has 1 aromatic heterocycles. The Morgan fingerprint density at radius 2 is 1.73 bits per heavy atom. The first-order chi connectivity index (χ1) is 14.7. The van der Waals surface area contributed by atoms with Crippen LogP contribution in [0.1, 0.15) is 16.7 Å². The molecule has 4 nitrogen and oxygen atoms in total. The summed E-state index contributed by atoms with van der Waals surface area (Å²) in [6.45, 7) is 2.57. The maximum Gasteiger partial charge on any atom is 0.203 e. The smallest absolute Gasteiger partial charge is 0.203 e. The van der Waals surface area contributed by atoms with Crippen molar-refractivity contribution in [2.45, 2.75) is 13.5 Å². The second kappa shape index (κ2) is 9.57. The number of anilines is 1. The Labute approximate surface area is 184 Å². The molecule has 6 heteroatoms. The van der Waals surface area contributed by atoms with Crippen molar-refractivity contribution in [3.63, 3.8) is 0 Å². The summed E-state index contributed by atoms with van der Waals surface area (Å²) in [6, 6.07) is 23.7. The van der Waals surface area contributed by atoms with Crippen molar-refractivity contribution in [3.05, 3.63) is 99.9 Å². The molecule has 0 unspecified atom stereocenters. The molecule has 0 saturated heterocycles. The Bertz CT molecular complexity index is 1120. The zero-order chi connectivity index (χ0) is 20.8. The van der Waals surface area contributed by atoms with Crippen molar-refractivity contribution in [2.24, 2.45) is 5.10 Å². The molecular formula is C24H20ClN3OS. The number of thiazole rings is 1. The quantitative estimate of drug-likeness (QED) is 0.257. The fourth-order valence-electron chi connectivity index (χ4n) is 2.74. The van der Waals surface area contributed by atoms with Gasteiger partial charge in [0.05, 0.1) is 11.9 Å². The summed E-state index contributed by atoms with van der Waals surface area (Å²) in [5, 5.41) is 7.78. The first kappa shape index (κ1) is 20.1. The third-order valence-electron chi connectivity index (χ3n) is 4.42. The van der Waals surface area contributed by atoms with Gasteiger partial charge in [-0.15, -0.1) is 11.3 Å². The lowest BCUT2D eigenvalue weighted by Crippen LogP contribution is -1.95. The molecule has 0 saturated carbocycles. The highest BCUT2D eigenvalue weighted by Gasteiger charge is 2.03. The molecule has 150 valence electrons. The Balaban J connectivity index is 1.30. The number of hydrazone groups is 1. The molecule has 0 aliphatic carbocycles. The average molecular weight is 434 g/mol. The molecule has 0 fully saturated rings. The fourth-order valence-corrected chi connectivity index (χ4v) is 3.54. The number of ether oxygens (including phenoxy) is 1. The van der Waals surface area contributed by atoms with Gasteiger partial charge in [-0.2, -0.15) is 5.10 Å². The third-order valence-corrected chi connectivity index (χ3v) is 5.42. The van der Waals surface area contributed by atoms with Gasteiger partial charge in [0.15, 0.2) is 0 Å². The minimum absolute atomic E-state index is 0.500. The van der Waals surface area contributed by atoms with Crippen molar-refractivity contribution >= 4 is 34.3 Å². The molecule has 30 heavy (non-hydrogen) atoms. The van der Waals surface area contributed by atoms with Gasteiger partial charge < -0.3 is 4.74 Å². The van der Waals surface area contributed by atoms with E-state index in [1.807, 2.05) is 53.9 Å². The maximum absolute atomic E-state index is 5.90. The minimum atomic E-state index is 0.500. The van der Waals surface area contributed by atoms with E-state index in [1.54, 1.807) is 6.21 Å². The van der Waals surface area contributed by atoms with Crippen LogP contribution in [0.25, 0.3) is 11.3 Å². The van der Waals surface area contributed by atoms with E-state index < -0.39 is 0 Å². The number of halogens is 1. The van der Waals surface area contributed by atoms with E-state index in [4.69, 9.17) is 16.3 Å². The van der Waals surface area contributed by atoms with E-state index in [9.17, 15) is 0 Å². The van der Waals surface area contributed by atoms with Gasteiger partial charge in [0.25, 0.3) is 0 Å². The lowest BCUT2D eigenvalue weighted by atomic mass is 10.1. The minimum Gasteiger partial charge on any atom is -0.489 e. The first-order valence-electron chi connectivity index (χ1n) is 9.45. The predicted octanol–water partition coefficient (Wildman–Crippen LogP) is 6.80. The Morgan fingerprint density at radius 1 is 1.00 bits per heavy atom. The summed E-state index contributed by atoms with van der Waals surface area (Å²) >= 11 is 7.43. The van der Waals surface area contributed by atoms with Crippen molar-refractivity contribution in [1.82, 2.24) is 4.98 Å². The number of nitrogens with one attached hydrogen (secondary N) is 1. The summed E-state index contributed by atoms with van der Waals surface area (Å²) in [5.41, 5.74) is 8.32. The van der Waals surface area contributed by atoms with E-state index >= 15 is 0 Å². The van der Waals surface area contributed by atoms with Crippen LogP contribution >= 0.6 is 22.9 Å². The van der Waals surface area contributed by atoms with Crippen molar-refractivity contribution in [3.8, 4) is 17.0 Å². The van der Waals surface area contributed by atoms with E-state index in [-0.39, 0.29) is 0 Å². The lowest BCUT2D eigenvalue weighted by molar-refractivity contribution is 0.306. The highest BCUT2D eigenvalue weighted by atomic mass is 35.5. The summed E-state index contributed by atoms with van der Waals surface area (Å²) in [5.74, 6) is 0.803.